The maximum absolute atomic E-state index is 4.95. The summed E-state index contributed by atoms with van der Waals surface area (Å²) in [6.45, 7) is 7.15. The maximum atomic E-state index is 4.95. The molecule has 0 spiro atoms. The van der Waals surface area contributed by atoms with Gasteiger partial charge in [-0.25, -0.2) is 4.98 Å². The van der Waals surface area contributed by atoms with Crippen LogP contribution in [0.4, 0.5) is 5.95 Å². The zero-order chi connectivity index (χ0) is 12.7. The second-order valence-electron chi connectivity index (χ2n) is 3.95. The molecule has 0 unspecified atom stereocenters. The van der Waals surface area contributed by atoms with Crippen LogP contribution in [0.2, 0.25) is 0 Å². The summed E-state index contributed by atoms with van der Waals surface area (Å²) in [6, 6.07) is 0. The summed E-state index contributed by atoms with van der Waals surface area (Å²) in [4.78, 5) is 6.37. The molecule has 0 aliphatic carbocycles. The van der Waals surface area contributed by atoms with E-state index < -0.39 is 0 Å². The molecule has 1 aromatic heterocycles. The Morgan fingerprint density at radius 3 is 2.59 bits per heavy atom. The molecular formula is C11H21N5O. The van der Waals surface area contributed by atoms with Gasteiger partial charge in [0.05, 0.1) is 18.0 Å². The third-order valence-corrected chi connectivity index (χ3v) is 2.53. The number of hydrogen-bond donors (Lipinski definition) is 1. The molecule has 0 saturated heterocycles. The van der Waals surface area contributed by atoms with Crippen LogP contribution in [0, 0.1) is 13.8 Å². The smallest absolute Gasteiger partial charge is 0.245 e. The first-order chi connectivity index (χ1) is 8.15. The van der Waals surface area contributed by atoms with Crippen LogP contribution in [-0.2, 0) is 4.74 Å². The lowest BCUT2D eigenvalue weighted by molar-refractivity contribution is 0.200. The Morgan fingerprint density at radius 2 is 1.94 bits per heavy atom. The minimum Gasteiger partial charge on any atom is -0.383 e. The van der Waals surface area contributed by atoms with Gasteiger partial charge < -0.3 is 15.0 Å². The largest absolute Gasteiger partial charge is 0.383 e. The molecule has 0 radical (unpaired) electrons. The van der Waals surface area contributed by atoms with Gasteiger partial charge in [-0.3, -0.25) is 0 Å². The summed E-state index contributed by atoms with van der Waals surface area (Å²) in [5.74, 6) is 0.668. The predicted molar refractivity (Wildman–Crippen MR) is 67.3 cm³/mol. The van der Waals surface area contributed by atoms with Crippen LogP contribution in [0.5, 0.6) is 0 Å². The van der Waals surface area contributed by atoms with Crippen molar-refractivity contribution >= 4 is 5.95 Å². The van der Waals surface area contributed by atoms with Crippen LogP contribution in [0.25, 0.3) is 0 Å². The highest BCUT2D eigenvalue weighted by molar-refractivity contribution is 5.28. The lowest BCUT2D eigenvalue weighted by Gasteiger charge is -2.17. The molecule has 0 saturated carbocycles. The van der Waals surface area contributed by atoms with E-state index in [1.54, 1.807) is 7.11 Å². The van der Waals surface area contributed by atoms with Crippen LogP contribution in [0.3, 0.4) is 0 Å². The molecular weight excluding hydrogens is 218 g/mol. The fraction of sp³-hybridized carbons (Fsp3) is 0.727. The minimum atomic E-state index is 0.668. The van der Waals surface area contributed by atoms with Crippen molar-refractivity contribution < 1.29 is 4.74 Å². The van der Waals surface area contributed by atoms with E-state index in [2.05, 4.69) is 20.5 Å². The summed E-state index contributed by atoms with van der Waals surface area (Å²) in [7, 11) is 3.66. The molecule has 1 heterocycles. The monoisotopic (exact) mass is 239 g/mol. The van der Waals surface area contributed by atoms with Crippen LogP contribution in [-0.4, -0.2) is 55.6 Å². The predicted octanol–water partition coefficient (Wildman–Crippen LogP) is 0.161. The normalized spacial score (nSPS) is 10.6. The number of nitrogens with zero attached hydrogens (tertiary/aromatic N) is 4. The van der Waals surface area contributed by atoms with Crippen LogP contribution in [0.15, 0.2) is 0 Å². The summed E-state index contributed by atoms with van der Waals surface area (Å²) in [5.41, 5.74) is 1.80. The van der Waals surface area contributed by atoms with Crippen molar-refractivity contribution in [3.05, 3.63) is 11.4 Å². The molecule has 0 aliphatic heterocycles. The first-order valence-corrected chi connectivity index (χ1v) is 5.74. The van der Waals surface area contributed by atoms with E-state index in [0.29, 0.717) is 5.95 Å². The Hall–Kier alpha value is -1.27. The number of nitrogens with one attached hydrogen (secondary N) is 1. The van der Waals surface area contributed by atoms with E-state index >= 15 is 0 Å². The van der Waals surface area contributed by atoms with Crippen molar-refractivity contribution in [3.8, 4) is 0 Å². The van der Waals surface area contributed by atoms with Crippen LogP contribution >= 0.6 is 0 Å². The van der Waals surface area contributed by atoms with Gasteiger partial charge in [0.15, 0.2) is 0 Å². The second-order valence-corrected chi connectivity index (χ2v) is 3.95. The number of aromatic nitrogens is 3. The topological polar surface area (TPSA) is 63.2 Å². The molecule has 6 heteroatoms. The van der Waals surface area contributed by atoms with Gasteiger partial charge in [0.25, 0.3) is 0 Å². The second kappa shape index (κ2) is 7.13. The first-order valence-electron chi connectivity index (χ1n) is 5.74. The Kier molecular flexibility index (Phi) is 5.79. The molecule has 1 N–H and O–H groups in total. The van der Waals surface area contributed by atoms with E-state index in [1.165, 1.54) is 0 Å². The van der Waals surface area contributed by atoms with Gasteiger partial charge in [-0.1, -0.05) is 0 Å². The minimum absolute atomic E-state index is 0.668. The standard InChI is InChI=1S/C11H21N5O/c1-9-10(2)14-15-11(13-9)16(3)7-5-12-6-8-17-4/h12H,5-8H2,1-4H3. The van der Waals surface area contributed by atoms with Gasteiger partial charge in [0.1, 0.15) is 0 Å². The summed E-state index contributed by atoms with van der Waals surface area (Å²) in [6.07, 6.45) is 0. The molecule has 0 fully saturated rings. The molecule has 96 valence electrons. The van der Waals surface area contributed by atoms with Gasteiger partial charge in [-0.2, -0.15) is 5.10 Å². The Bertz CT molecular complexity index is 345. The third kappa shape index (κ3) is 4.62. The van der Waals surface area contributed by atoms with Gasteiger partial charge in [0, 0.05) is 33.8 Å². The lowest BCUT2D eigenvalue weighted by atomic mass is 10.4. The van der Waals surface area contributed by atoms with Crippen molar-refractivity contribution in [1.29, 1.82) is 0 Å². The van der Waals surface area contributed by atoms with Crippen molar-refractivity contribution in [2.75, 3.05) is 45.3 Å². The summed E-state index contributed by atoms with van der Waals surface area (Å²) in [5, 5.41) is 11.4. The Balaban J connectivity index is 2.36. The molecule has 0 aromatic carbocycles. The number of anilines is 1. The Morgan fingerprint density at radius 1 is 1.18 bits per heavy atom. The van der Waals surface area contributed by atoms with E-state index in [-0.39, 0.29) is 0 Å². The fourth-order valence-corrected chi connectivity index (χ4v) is 1.25. The van der Waals surface area contributed by atoms with Crippen LogP contribution < -0.4 is 10.2 Å². The highest BCUT2D eigenvalue weighted by Crippen LogP contribution is 2.05. The molecule has 0 bridgehead atoms. The van der Waals surface area contributed by atoms with Crippen molar-refractivity contribution in [3.63, 3.8) is 0 Å². The van der Waals surface area contributed by atoms with E-state index in [1.807, 2.05) is 25.8 Å². The van der Waals surface area contributed by atoms with Crippen molar-refractivity contribution in [1.82, 2.24) is 20.5 Å². The summed E-state index contributed by atoms with van der Waals surface area (Å²) >= 11 is 0. The number of likely N-dealkylation sites (N-methyl/N-ethyl adjacent to an activating group) is 1. The zero-order valence-corrected chi connectivity index (χ0v) is 11.0. The number of hydrogen-bond acceptors (Lipinski definition) is 6. The fourth-order valence-electron chi connectivity index (χ4n) is 1.25. The molecule has 1 aromatic rings. The quantitative estimate of drug-likeness (QED) is 0.684. The van der Waals surface area contributed by atoms with E-state index in [4.69, 9.17) is 4.74 Å². The zero-order valence-electron chi connectivity index (χ0n) is 11.0. The van der Waals surface area contributed by atoms with E-state index in [0.717, 1.165) is 37.6 Å². The number of methoxy groups -OCH3 is 1. The van der Waals surface area contributed by atoms with E-state index in [9.17, 15) is 0 Å². The molecule has 6 nitrogen and oxygen atoms in total. The first kappa shape index (κ1) is 13.8. The van der Waals surface area contributed by atoms with Gasteiger partial charge in [-0.05, 0) is 13.8 Å². The highest BCUT2D eigenvalue weighted by Gasteiger charge is 2.06. The summed E-state index contributed by atoms with van der Waals surface area (Å²) < 4.78 is 4.95. The average molecular weight is 239 g/mol. The third-order valence-electron chi connectivity index (χ3n) is 2.53. The van der Waals surface area contributed by atoms with Crippen LogP contribution in [0.1, 0.15) is 11.4 Å². The molecule has 0 aliphatic rings. The van der Waals surface area contributed by atoms with Gasteiger partial charge in [0.2, 0.25) is 5.95 Å². The van der Waals surface area contributed by atoms with Gasteiger partial charge in [-0.15, -0.1) is 5.10 Å². The highest BCUT2D eigenvalue weighted by atomic mass is 16.5. The van der Waals surface area contributed by atoms with Crippen molar-refractivity contribution in [2.45, 2.75) is 13.8 Å². The maximum Gasteiger partial charge on any atom is 0.245 e. The van der Waals surface area contributed by atoms with Gasteiger partial charge >= 0.3 is 0 Å². The lowest BCUT2D eigenvalue weighted by Crippen LogP contribution is -2.32. The molecule has 17 heavy (non-hydrogen) atoms. The Labute approximate surface area is 102 Å². The SMILES string of the molecule is COCCNCCN(C)c1nnc(C)c(C)n1. The number of rotatable bonds is 7. The number of aryl methyl sites for hydroxylation is 2. The van der Waals surface area contributed by atoms with Crippen molar-refractivity contribution in [2.24, 2.45) is 0 Å². The average Bonchev–Trinajstić information content (AvgIpc) is 2.32. The molecule has 0 amide bonds. The molecule has 0 atom stereocenters. The molecule has 1 rings (SSSR count). The number of ether oxygens (including phenoxy) is 1.